The summed E-state index contributed by atoms with van der Waals surface area (Å²) in [6, 6.07) is 17.2. The minimum atomic E-state index is -0.0949. The monoisotopic (exact) mass is 307 g/mol. The van der Waals surface area contributed by atoms with Gasteiger partial charge in [-0.05, 0) is 54.5 Å². The van der Waals surface area contributed by atoms with E-state index < -0.39 is 0 Å². The predicted octanol–water partition coefficient (Wildman–Crippen LogP) is 4.95. The van der Waals surface area contributed by atoms with Crippen LogP contribution in [0.3, 0.4) is 0 Å². The second kappa shape index (κ2) is 5.93. The van der Waals surface area contributed by atoms with E-state index in [1.54, 1.807) is 6.07 Å². The Labute approximate surface area is 137 Å². The van der Waals surface area contributed by atoms with Crippen LogP contribution in [0.2, 0.25) is 0 Å². The highest BCUT2D eigenvalue weighted by Gasteiger charge is 2.36. The first kappa shape index (κ1) is 14.6. The first-order chi connectivity index (χ1) is 11.2. The Morgan fingerprint density at radius 2 is 1.87 bits per heavy atom. The normalized spacial score (nSPS) is 23.8. The summed E-state index contributed by atoms with van der Waals surface area (Å²) in [6.45, 7) is 2.91. The molecule has 0 saturated carbocycles. The van der Waals surface area contributed by atoms with E-state index in [4.69, 9.17) is 0 Å². The summed E-state index contributed by atoms with van der Waals surface area (Å²) in [5, 5.41) is 0. The molecule has 1 nitrogen and oxygen atoms in total. The SMILES string of the molecule is Cc1c(F)cccc1C1=CC2CCC(C1)N2Cc1ccccc1. The average molecular weight is 307 g/mol. The van der Waals surface area contributed by atoms with Crippen molar-refractivity contribution in [2.45, 2.75) is 44.8 Å². The van der Waals surface area contributed by atoms with Gasteiger partial charge in [-0.3, -0.25) is 4.90 Å². The van der Waals surface area contributed by atoms with Gasteiger partial charge in [-0.25, -0.2) is 4.39 Å². The Balaban J connectivity index is 1.61. The summed E-state index contributed by atoms with van der Waals surface area (Å²) in [6.07, 6.45) is 5.88. The third-order valence-corrected chi connectivity index (χ3v) is 5.36. The first-order valence-corrected chi connectivity index (χ1v) is 8.48. The summed E-state index contributed by atoms with van der Waals surface area (Å²) < 4.78 is 13.9. The minimum absolute atomic E-state index is 0.0949. The largest absolute Gasteiger partial charge is 0.289 e. The van der Waals surface area contributed by atoms with Crippen LogP contribution in [0.4, 0.5) is 4.39 Å². The van der Waals surface area contributed by atoms with Gasteiger partial charge in [0.2, 0.25) is 0 Å². The van der Waals surface area contributed by atoms with E-state index in [9.17, 15) is 4.39 Å². The molecule has 0 spiro atoms. The lowest BCUT2D eigenvalue weighted by molar-refractivity contribution is 0.203. The van der Waals surface area contributed by atoms with Crippen molar-refractivity contribution in [3.8, 4) is 0 Å². The van der Waals surface area contributed by atoms with Crippen LogP contribution in [0, 0.1) is 12.7 Å². The van der Waals surface area contributed by atoms with Crippen LogP contribution in [0.5, 0.6) is 0 Å². The molecule has 0 aliphatic carbocycles. The molecule has 2 aromatic rings. The molecule has 1 saturated heterocycles. The molecule has 0 N–H and O–H groups in total. The van der Waals surface area contributed by atoms with Crippen LogP contribution in [-0.2, 0) is 6.54 Å². The van der Waals surface area contributed by atoms with Crippen LogP contribution in [0.15, 0.2) is 54.6 Å². The van der Waals surface area contributed by atoms with E-state index in [2.05, 4.69) is 47.4 Å². The van der Waals surface area contributed by atoms with E-state index >= 15 is 0 Å². The molecule has 2 bridgehead atoms. The molecule has 2 atom stereocenters. The lowest BCUT2D eigenvalue weighted by atomic mass is 9.91. The predicted molar refractivity (Wildman–Crippen MR) is 92.5 cm³/mol. The molecule has 118 valence electrons. The lowest BCUT2D eigenvalue weighted by Gasteiger charge is -2.34. The van der Waals surface area contributed by atoms with Crippen LogP contribution in [0.25, 0.3) is 5.57 Å². The first-order valence-electron chi connectivity index (χ1n) is 8.48. The summed E-state index contributed by atoms with van der Waals surface area (Å²) in [5.74, 6) is -0.0949. The molecular weight excluding hydrogens is 285 g/mol. The van der Waals surface area contributed by atoms with Gasteiger partial charge in [0.25, 0.3) is 0 Å². The number of rotatable bonds is 3. The van der Waals surface area contributed by atoms with Crippen molar-refractivity contribution in [2.75, 3.05) is 0 Å². The molecule has 0 aromatic heterocycles. The average Bonchev–Trinajstić information content (AvgIpc) is 2.80. The molecule has 1 fully saturated rings. The Morgan fingerprint density at radius 1 is 1.04 bits per heavy atom. The standard InChI is InChI=1S/C21H22FN/c1-15-20(8-5-9-21(15)22)17-12-18-10-11-19(13-17)23(18)14-16-6-3-2-4-7-16/h2-9,12,18-19H,10-11,13-14H2,1H3. The highest BCUT2D eigenvalue weighted by atomic mass is 19.1. The van der Waals surface area contributed by atoms with E-state index in [1.165, 1.54) is 24.0 Å². The van der Waals surface area contributed by atoms with Gasteiger partial charge < -0.3 is 0 Å². The second-order valence-electron chi connectivity index (χ2n) is 6.76. The topological polar surface area (TPSA) is 3.24 Å². The fraction of sp³-hybridized carbons (Fsp3) is 0.333. The number of halogens is 1. The maximum absolute atomic E-state index is 13.9. The molecule has 2 aliphatic heterocycles. The van der Waals surface area contributed by atoms with Crippen molar-refractivity contribution in [1.29, 1.82) is 0 Å². The van der Waals surface area contributed by atoms with Crippen LogP contribution < -0.4 is 0 Å². The Kier molecular flexibility index (Phi) is 3.78. The highest BCUT2D eigenvalue weighted by Crippen LogP contribution is 2.40. The molecule has 4 rings (SSSR count). The lowest BCUT2D eigenvalue weighted by Crippen LogP contribution is -2.37. The third kappa shape index (κ3) is 2.72. The van der Waals surface area contributed by atoms with Crippen molar-refractivity contribution in [3.63, 3.8) is 0 Å². The number of hydrogen-bond acceptors (Lipinski definition) is 1. The van der Waals surface area contributed by atoms with Gasteiger partial charge in [-0.1, -0.05) is 48.5 Å². The molecule has 2 heteroatoms. The molecule has 2 unspecified atom stereocenters. The molecule has 2 aromatic carbocycles. The van der Waals surface area contributed by atoms with Gasteiger partial charge in [0.05, 0.1) is 0 Å². The Bertz CT molecular complexity index is 735. The van der Waals surface area contributed by atoms with Crippen molar-refractivity contribution in [3.05, 3.63) is 77.1 Å². The summed E-state index contributed by atoms with van der Waals surface area (Å²) >= 11 is 0. The number of hydrogen-bond donors (Lipinski definition) is 0. The van der Waals surface area contributed by atoms with Crippen LogP contribution in [-0.4, -0.2) is 17.0 Å². The van der Waals surface area contributed by atoms with Gasteiger partial charge in [0, 0.05) is 18.6 Å². The van der Waals surface area contributed by atoms with E-state index in [0.717, 1.165) is 24.1 Å². The summed E-state index contributed by atoms with van der Waals surface area (Å²) in [7, 11) is 0. The van der Waals surface area contributed by atoms with Crippen molar-refractivity contribution in [1.82, 2.24) is 4.90 Å². The van der Waals surface area contributed by atoms with Gasteiger partial charge in [0.1, 0.15) is 5.82 Å². The zero-order valence-electron chi connectivity index (χ0n) is 13.5. The number of fused-ring (bicyclic) bond motifs is 2. The maximum atomic E-state index is 13.9. The fourth-order valence-electron chi connectivity index (χ4n) is 4.11. The van der Waals surface area contributed by atoms with Crippen LogP contribution >= 0.6 is 0 Å². The van der Waals surface area contributed by atoms with Crippen molar-refractivity contribution in [2.24, 2.45) is 0 Å². The summed E-state index contributed by atoms with van der Waals surface area (Å²) in [5.41, 5.74) is 4.60. The molecule has 23 heavy (non-hydrogen) atoms. The number of benzene rings is 2. The fourth-order valence-corrected chi connectivity index (χ4v) is 4.11. The molecule has 0 radical (unpaired) electrons. The quantitative estimate of drug-likeness (QED) is 0.775. The smallest absolute Gasteiger partial charge is 0.126 e. The molecule has 0 amide bonds. The maximum Gasteiger partial charge on any atom is 0.126 e. The minimum Gasteiger partial charge on any atom is -0.289 e. The molecular formula is C21H22FN. The number of nitrogens with zero attached hydrogens (tertiary/aromatic N) is 1. The van der Waals surface area contributed by atoms with Gasteiger partial charge in [-0.2, -0.15) is 0 Å². The third-order valence-electron chi connectivity index (χ3n) is 5.36. The van der Waals surface area contributed by atoms with Crippen molar-refractivity contribution < 1.29 is 4.39 Å². The Hall–Kier alpha value is -1.93. The summed E-state index contributed by atoms with van der Waals surface area (Å²) in [4.78, 5) is 2.62. The van der Waals surface area contributed by atoms with Gasteiger partial charge >= 0.3 is 0 Å². The van der Waals surface area contributed by atoms with E-state index in [1.807, 2.05) is 13.0 Å². The van der Waals surface area contributed by atoms with Gasteiger partial charge in [0.15, 0.2) is 0 Å². The second-order valence-corrected chi connectivity index (χ2v) is 6.76. The molecule has 2 heterocycles. The highest BCUT2D eigenvalue weighted by molar-refractivity contribution is 5.70. The van der Waals surface area contributed by atoms with Crippen LogP contribution in [0.1, 0.15) is 36.0 Å². The van der Waals surface area contributed by atoms with E-state index in [-0.39, 0.29) is 5.82 Å². The van der Waals surface area contributed by atoms with Crippen molar-refractivity contribution >= 4 is 5.57 Å². The zero-order valence-corrected chi connectivity index (χ0v) is 13.5. The van der Waals surface area contributed by atoms with Gasteiger partial charge in [-0.15, -0.1) is 0 Å². The zero-order chi connectivity index (χ0) is 15.8. The van der Waals surface area contributed by atoms with E-state index in [0.29, 0.717) is 12.1 Å². The Morgan fingerprint density at radius 3 is 2.65 bits per heavy atom. The molecule has 2 aliphatic rings.